The summed E-state index contributed by atoms with van der Waals surface area (Å²) in [5.74, 6) is -1.20. The third-order valence-electron chi connectivity index (χ3n) is 3.87. The summed E-state index contributed by atoms with van der Waals surface area (Å²) in [6.07, 6.45) is 2.54. The molecule has 1 N–H and O–H groups in total. The highest BCUT2D eigenvalue weighted by Crippen LogP contribution is 2.28. The first-order valence-corrected chi connectivity index (χ1v) is 9.12. The molecule has 1 aliphatic rings. The predicted octanol–water partition coefficient (Wildman–Crippen LogP) is 1.28. The predicted molar refractivity (Wildman–Crippen MR) is 79.8 cm³/mol. The number of sulfonamides is 1. The maximum atomic E-state index is 12.1. The molecule has 7 heteroatoms. The Labute approximate surface area is 132 Å². The maximum Gasteiger partial charge on any atom is 0.240 e. The van der Waals surface area contributed by atoms with Crippen molar-refractivity contribution in [2.75, 3.05) is 6.54 Å². The fraction of sp³-hybridized carbons (Fsp3) is 0.500. The van der Waals surface area contributed by atoms with Crippen LogP contribution in [0.2, 0.25) is 0 Å². The lowest BCUT2D eigenvalue weighted by Gasteiger charge is -2.29. The molecule has 0 spiro atoms. The number of rotatable bonds is 5. The Morgan fingerprint density at radius 2 is 1.76 bits per heavy atom. The Balaban J connectivity index is 1.88. The normalized spacial score (nSPS) is 22.9. The van der Waals surface area contributed by atoms with E-state index in [0.29, 0.717) is 32.2 Å². The first-order chi connectivity index (χ1) is 9.88. The van der Waals surface area contributed by atoms with E-state index in [1.807, 2.05) is 0 Å². The zero-order valence-electron chi connectivity index (χ0n) is 11.4. The van der Waals surface area contributed by atoms with E-state index in [9.17, 15) is 18.3 Å². The van der Waals surface area contributed by atoms with Crippen molar-refractivity contribution in [3.63, 3.8) is 0 Å². The van der Waals surface area contributed by atoms with E-state index in [1.54, 1.807) is 24.3 Å². The van der Waals surface area contributed by atoms with E-state index in [0.717, 1.165) is 4.47 Å². The minimum absolute atomic E-state index is 0.186. The molecule has 1 aromatic rings. The van der Waals surface area contributed by atoms with Gasteiger partial charge in [0.15, 0.2) is 0 Å². The van der Waals surface area contributed by atoms with Gasteiger partial charge < -0.3 is 9.90 Å². The molecule has 116 valence electrons. The van der Waals surface area contributed by atoms with E-state index < -0.39 is 16.0 Å². The number of hydrogen-bond acceptors (Lipinski definition) is 4. The summed E-state index contributed by atoms with van der Waals surface area (Å²) in [4.78, 5) is 11.0. The highest BCUT2D eigenvalue weighted by molar-refractivity contribution is 9.10. The molecule has 0 bridgehead atoms. The summed E-state index contributed by atoms with van der Waals surface area (Å²) in [6, 6.07) is 6.44. The van der Waals surface area contributed by atoms with E-state index in [4.69, 9.17) is 0 Å². The van der Waals surface area contributed by atoms with Gasteiger partial charge in [0.25, 0.3) is 0 Å². The molecule has 0 atom stereocenters. The van der Waals surface area contributed by atoms with Crippen molar-refractivity contribution in [3.05, 3.63) is 28.7 Å². The van der Waals surface area contributed by atoms with Crippen molar-refractivity contribution in [3.8, 4) is 0 Å². The lowest BCUT2D eigenvalue weighted by atomic mass is 9.82. The number of carboxylic acids is 1. The van der Waals surface area contributed by atoms with E-state index >= 15 is 0 Å². The van der Waals surface area contributed by atoms with Crippen molar-refractivity contribution in [1.82, 2.24) is 4.72 Å². The van der Waals surface area contributed by atoms with Gasteiger partial charge in [-0.1, -0.05) is 15.9 Å². The maximum absolute atomic E-state index is 12.1. The lowest BCUT2D eigenvalue weighted by molar-refractivity contribution is -0.312. The van der Waals surface area contributed by atoms with Crippen LogP contribution in [0, 0.1) is 11.8 Å². The van der Waals surface area contributed by atoms with Gasteiger partial charge in [0.1, 0.15) is 0 Å². The van der Waals surface area contributed by atoms with Crippen molar-refractivity contribution >= 4 is 31.9 Å². The third kappa shape index (κ3) is 4.52. The van der Waals surface area contributed by atoms with Crippen LogP contribution in [-0.2, 0) is 14.8 Å². The van der Waals surface area contributed by atoms with E-state index in [1.165, 1.54) is 0 Å². The van der Waals surface area contributed by atoms with Gasteiger partial charge in [-0.3, -0.25) is 0 Å². The van der Waals surface area contributed by atoms with Gasteiger partial charge in [0.05, 0.1) is 4.90 Å². The molecule has 0 heterocycles. The largest absolute Gasteiger partial charge is 0.550 e. The zero-order valence-corrected chi connectivity index (χ0v) is 13.8. The molecule has 0 aromatic heterocycles. The fourth-order valence-corrected chi connectivity index (χ4v) is 3.91. The van der Waals surface area contributed by atoms with Crippen LogP contribution in [0.1, 0.15) is 25.7 Å². The van der Waals surface area contributed by atoms with Crippen molar-refractivity contribution in [2.24, 2.45) is 11.8 Å². The molecule has 5 nitrogen and oxygen atoms in total. The zero-order chi connectivity index (χ0) is 15.5. The van der Waals surface area contributed by atoms with Gasteiger partial charge in [0, 0.05) is 17.0 Å². The summed E-state index contributed by atoms with van der Waals surface area (Å²) in [6.45, 7) is 0.345. The van der Waals surface area contributed by atoms with Gasteiger partial charge >= 0.3 is 0 Å². The highest BCUT2D eigenvalue weighted by Gasteiger charge is 2.23. The average Bonchev–Trinajstić information content (AvgIpc) is 2.46. The smallest absolute Gasteiger partial charge is 0.240 e. The van der Waals surface area contributed by atoms with Gasteiger partial charge in [-0.25, -0.2) is 13.1 Å². The van der Waals surface area contributed by atoms with Crippen LogP contribution in [0.15, 0.2) is 33.6 Å². The molecular formula is C14H17BrNO4S-. The standard InChI is InChI=1S/C14H18BrNO4S/c15-12-5-7-13(8-6-12)21(19,20)16-9-10-1-3-11(4-2-10)14(17)18/h5-8,10-11,16H,1-4,9H2,(H,17,18)/p-1. The lowest BCUT2D eigenvalue weighted by Crippen LogP contribution is -2.36. The number of aliphatic carboxylic acids is 1. The molecule has 0 radical (unpaired) electrons. The van der Waals surface area contributed by atoms with Crippen molar-refractivity contribution in [1.29, 1.82) is 0 Å². The minimum Gasteiger partial charge on any atom is -0.550 e. The number of hydrogen-bond donors (Lipinski definition) is 1. The van der Waals surface area contributed by atoms with Gasteiger partial charge in [-0.05, 0) is 61.8 Å². The molecule has 1 aliphatic carbocycles. The Morgan fingerprint density at radius 3 is 2.29 bits per heavy atom. The number of carbonyl (C=O) groups excluding carboxylic acids is 1. The first kappa shape index (κ1) is 16.5. The topological polar surface area (TPSA) is 86.3 Å². The molecule has 1 fully saturated rings. The van der Waals surface area contributed by atoms with Crippen molar-refractivity contribution < 1.29 is 18.3 Å². The molecule has 0 aliphatic heterocycles. The van der Waals surface area contributed by atoms with Gasteiger partial charge in [-0.2, -0.15) is 0 Å². The van der Waals surface area contributed by atoms with Gasteiger partial charge in [0.2, 0.25) is 10.0 Å². The van der Waals surface area contributed by atoms with Crippen molar-refractivity contribution in [2.45, 2.75) is 30.6 Å². The molecule has 0 saturated heterocycles. The van der Waals surface area contributed by atoms with Crippen LogP contribution in [0.25, 0.3) is 0 Å². The summed E-state index contributed by atoms with van der Waals surface area (Å²) >= 11 is 3.26. The SMILES string of the molecule is O=C([O-])C1CCC(CNS(=O)(=O)c2ccc(Br)cc2)CC1. The molecule has 0 unspecified atom stereocenters. The molecule has 2 rings (SSSR count). The van der Waals surface area contributed by atoms with Crippen LogP contribution in [0.3, 0.4) is 0 Å². The van der Waals surface area contributed by atoms with E-state index in [2.05, 4.69) is 20.7 Å². The van der Waals surface area contributed by atoms with E-state index in [-0.39, 0.29) is 16.7 Å². The number of nitrogens with one attached hydrogen (secondary N) is 1. The van der Waals surface area contributed by atoms with Crippen LogP contribution in [0.5, 0.6) is 0 Å². The second-order valence-corrected chi connectivity index (χ2v) is 8.03. The van der Waals surface area contributed by atoms with Crippen LogP contribution < -0.4 is 9.83 Å². The quantitative estimate of drug-likeness (QED) is 0.840. The second kappa shape index (κ2) is 6.89. The Bertz CT molecular complexity index is 592. The van der Waals surface area contributed by atoms with Crippen LogP contribution >= 0.6 is 15.9 Å². The summed E-state index contributed by atoms with van der Waals surface area (Å²) < 4.78 is 27.7. The first-order valence-electron chi connectivity index (χ1n) is 6.84. The Kier molecular flexibility index (Phi) is 5.40. The Hall–Kier alpha value is -0.920. The number of carbonyl (C=O) groups is 1. The Morgan fingerprint density at radius 1 is 1.19 bits per heavy atom. The number of benzene rings is 1. The molecule has 1 aromatic carbocycles. The van der Waals surface area contributed by atoms with Crippen LogP contribution in [0.4, 0.5) is 0 Å². The number of halogens is 1. The summed E-state index contributed by atoms with van der Waals surface area (Å²) in [5, 5.41) is 10.8. The summed E-state index contributed by atoms with van der Waals surface area (Å²) in [7, 11) is -3.51. The highest BCUT2D eigenvalue weighted by atomic mass is 79.9. The average molecular weight is 375 g/mol. The molecule has 1 saturated carbocycles. The summed E-state index contributed by atoms with van der Waals surface area (Å²) in [5.41, 5.74) is 0. The second-order valence-electron chi connectivity index (χ2n) is 5.34. The monoisotopic (exact) mass is 374 g/mol. The fourth-order valence-electron chi connectivity index (χ4n) is 2.53. The molecule has 21 heavy (non-hydrogen) atoms. The molecule has 0 amide bonds. The molecular weight excluding hydrogens is 358 g/mol. The van der Waals surface area contributed by atoms with Crippen LogP contribution in [-0.4, -0.2) is 20.9 Å². The third-order valence-corrected chi connectivity index (χ3v) is 5.83. The van der Waals surface area contributed by atoms with Gasteiger partial charge in [-0.15, -0.1) is 0 Å². The number of carboxylic acid groups (broad SMARTS) is 1. The minimum atomic E-state index is -3.51.